The van der Waals surface area contributed by atoms with E-state index in [1.54, 1.807) is 0 Å². The van der Waals surface area contributed by atoms with Crippen molar-refractivity contribution >= 4 is 6.09 Å². The third-order valence-electron chi connectivity index (χ3n) is 3.50. The fraction of sp³-hybridized carbons (Fsp3) is 0.900. The van der Waals surface area contributed by atoms with Gasteiger partial charge in [0.25, 0.3) is 0 Å². The highest BCUT2D eigenvalue weighted by atomic mass is 16.6. The zero-order valence-electron chi connectivity index (χ0n) is 8.14. The summed E-state index contributed by atoms with van der Waals surface area (Å²) in [6.45, 7) is 2.74. The second-order valence-corrected chi connectivity index (χ2v) is 4.41. The Morgan fingerprint density at radius 1 is 1.46 bits per heavy atom. The van der Waals surface area contributed by atoms with Crippen LogP contribution in [0.3, 0.4) is 0 Å². The largest absolute Gasteiger partial charge is 0.449 e. The molecule has 2 rings (SSSR count). The van der Waals surface area contributed by atoms with Crippen molar-refractivity contribution in [2.45, 2.75) is 44.6 Å². The van der Waals surface area contributed by atoms with E-state index >= 15 is 0 Å². The molecular formula is C10H17NO2. The lowest BCUT2D eigenvalue weighted by Crippen LogP contribution is -2.55. The minimum absolute atomic E-state index is 0.00579. The zero-order chi connectivity index (χ0) is 9.31. The minimum Gasteiger partial charge on any atom is -0.449 e. The first-order valence-corrected chi connectivity index (χ1v) is 5.16. The van der Waals surface area contributed by atoms with E-state index in [1.807, 2.05) is 0 Å². The molecule has 1 heterocycles. The maximum atomic E-state index is 11.1. The SMILES string of the molecule is CC1(C2CCCC2)CCOC(=O)N1. The Bertz CT molecular complexity index is 211. The van der Waals surface area contributed by atoms with Gasteiger partial charge in [-0.2, -0.15) is 0 Å². The van der Waals surface area contributed by atoms with Crippen LogP contribution in [0.5, 0.6) is 0 Å². The summed E-state index contributed by atoms with van der Waals surface area (Å²) in [7, 11) is 0. The lowest BCUT2D eigenvalue weighted by Gasteiger charge is -2.39. The van der Waals surface area contributed by atoms with Crippen LogP contribution in [0.1, 0.15) is 39.0 Å². The van der Waals surface area contributed by atoms with Gasteiger partial charge in [-0.05, 0) is 25.7 Å². The Morgan fingerprint density at radius 2 is 2.15 bits per heavy atom. The predicted molar refractivity (Wildman–Crippen MR) is 49.5 cm³/mol. The number of hydrogen-bond donors (Lipinski definition) is 1. The van der Waals surface area contributed by atoms with E-state index in [-0.39, 0.29) is 11.6 Å². The highest BCUT2D eigenvalue weighted by Gasteiger charge is 2.39. The molecule has 0 aromatic rings. The normalized spacial score (nSPS) is 35.6. The van der Waals surface area contributed by atoms with Crippen LogP contribution < -0.4 is 5.32 Å². The van der Waals surface area contributed by atoms with E-state index in [0.717, 1.165) is 6.42 Å². The molecule has 1 aliphatic carbocycles. The first-order valence-electron chi connectivity index (χ1n) is 5.16. The number of rotatable bonds is 1. The number of carbonyl (C=O) groups excluding carboxylic acids is 1. The van der Waals surface area contributed by atoms with Crippen molar-refractivity contribution in [1.29, 1.82) is 0 Å². The lowest BCUT2D eigenvalue weighted by molar-refractivity contribution is 0.0706. The molecule has 1 amide bonds. The molecule has 74 valence electrons. The Labute approximate surface area is 78.8 Å². The summed E-state index contributed by atoms with van der Waals surface area (Å²) in [5.41, 5.74) is 0.00579. The van der Waals surface area contributed by atoms with E-state index in [0.29, 0.717) is 12.5 Å². The van der Waals surface area contributed by atoms with Crippen LogP contribution in [0.2, 0.25) is 0 Å². The van der Waals surface area contributed by atoms with Gasteiger partial charge in [-0.1, -0.05) is 12.8 Å². The van der Waals surface area contributed by atoms with Crippen LogP contribution in [0, 0.1) is 5.92 Å². The van der Waals surface area contributed by atoms with Gasteiger partial charge in [0.1, 0.15) is 0 Å². The number of carbonyl (C=O) groups is 1. The van der Waals surface area contributed by atoms with Gasteiger partial charge >= 0.3 is 6.09 Å². The summed E-state index contributed by atoms with van der Waals surface area (Å²) in [4.78, 5) is 11.1. The van der Waals surface area contributed by atoms with Gasteiger partial charge < -0.3 is 10.1 Å². The Kier molecular flexibility index (Phi) is 2.18. The molecule has 0 radical (unpaired) electrons. The van der Waals surface area contributed by atoms with E-state index in [1.165, 1.54) is 25.7 Å². The number of alkyl carbamates (subject to hydrolysis) is 1. The Morgan fingerprint density at radius 3 is 2.77 bits per heavy atom. The topological polar surface area (TPSA) is 38.3 Å². The standard InChI is InChI=1S/C10H17NO2/c1-10(8-4-2-3-5-8)6-7-13-9(12)11-10/h8H,2-7H2,1H3,(H,11,12). The molecule has 1 unspecified atom stereocenters. The smallest absolute Gasteiger partial charge is 0.407 e. The molecule has 1 saturated carbocycles. The number of amides is 1. The summed E-state index contributed by atoms with van der Waals surface area (Å²) >= 11 is 0. The maximum absolute atomic E-state index is 11.1. The van der Waals surface area contributed by atoms with Crippen LogP contribution >= 0.6 is 0 Å². The number of ether oxygens (including phenoxy) is 1. The lowest BCUT2D eigenvalue weighted by atomic mass is 9.81. The quantitative estimate of drug-likeness (QED) is 0.675. The highest BCUT2D eigenvalue weighted by Crippen LogP contribution is 2.36. The van der Waals surface area contributed by atoms with E-state index in [4.69, 9.17) is 4.74 Å². The Hall–Kier alpha value is -0.730. The van der Waals surface area contributed by atoms with Crippen LogP contribution in [-0.2, 0) is 4.74 Å². The van der Waals surface area contributed by atoms with Gasteiger partial charge in [0.05, 0.1) is 6.61 Å². The number of hydrogen-bond acceptors (Lipinski definition) is 2. The van der Waals surface area contributed by atoms with Crippen molar-refractivity contribution in [3.63, 3.8) is 0 Å². The molecule has 3 nitrogen and oxygen atoms in total. The fourth-order valence-corrected chi connectivity index (χ4v) is 2.56. The molecule has 1 atom stereocenters. The highest BCUT2D eigenvalue weighted by molar-refractivity contribution is 5.69. The van der Waals surface area contributed by atoms with E-state index in [9.17, 15) is 4.79 Å². The van der Waals surface area contributed by atoms with Crippen LogP contribution in [-0.4, -0.2) is 18.2 Å². The van der Waals surface area contributed by atoms with Crippen molar-refractivity contribution in [3.05, 3.63) is 0 Å². The second kappa shape index (κ2) is 3.20. The molecule has 0 aromatic carbocycles. The summed E-state index contributed by atoms with van der Waals surface area (Å²) < 4.78 is 4.88. The van der Waals surface area contributed by atoms with Crippen molar-refractivity contribution in [2.24, 2.45) is 5.92 Å². The summed E-state index contributed by atoms with van der Waals surface area (Å²) in [5, 5.41) is 2.97. The molecule has 0 spiro atoms. The minimum atomic E-state index is -0.236. The van der Waals surface area contributed by atoms with E-state index < -0.39 is 0 Å². The predicted octanol–water partition coefficient (Wildman–Crippen LogP) is 2.07. The van der Waals surface area contributed by atoms with E-state index in [2.05, 4.69) is 12.2 Å². The van der Waals surface area contributed by atoms with Gasteiger partial charge in [-0.3, -0.25) is 0 Å². The average Bonchev–Trinajstić information content (AvgIpc) is 2.55. The van der Waals surface area contributed by atoms with Crippen LogP contribution in [0.15, 0.2) is 0 Å². The van der Waals surface area contributed by atoms with Crippen molar-refractivity contribution in [3.8, 4) is 0 Å². The van der Waals surface area contributed by atoms with Crippen molar-refractivity contribution in [2.75, 3.05) is 6.61 Å². The average molecular weight is 183 g/mol. The molecule has 13 heavy (non-hydrogen) atoms. The number of nitrogens with one attached hydrogen (secondary N) is 1. The molecule has 1 aliphatic heterocycles. The molecular weight excluding hydrogens is 166 g/mol. The molecule has 3 heteroatoms. The molecule has 0 aromatic heterocycles. The number of cyclic esters (lactones) is 1. The fourth-order valence-electron chi connectivity index (χ4n) is 2.56. The zero-order valence-corrected chi connectivity index (χ0v) is 8.14. The Balaban J connectivity index is 2.04. The van der Waals surface area contributed by atoms with Gasteiger partial charge in [0.2, 0.25) is 0 Å². The third kappa shape index (κ3) is 1.64. The summed E-state index contributed by atoms with van der Waals surface area (Å²) in [6, 6.07) is 0. The van der Waals surface area contributed by atoms with Crippen molar-refractivity contribution in [1.82, 2.24) is 5.32 Å². The third-order valence-corrected chi connectivity index (χ3v) is 3.50. The molecule has 2 fully saturated rings. The molecule has 1 N–H and O–H groups in total. The van der Waals surface area contributed by atoms with Crippen molar-refractivity contribution < 1.29 is 9.53 Å². The van der Waals surface area contributed by atoms with Gasteiger partial charge in [0.15, 0.2) is 0 Å². The first kappa shape index (κ1) is 8.85. The van der Waals surface area contributed by atoms with Crippen LogP contribution in [0.4, 0.5) is 4.79 Å². The summed E-state index contributed by atoms with van der Waals surface area (Å²) in [6.07, 6.45) is 5.88. The maximum Gasteiger partial charge on any atom is 0.407 e. The van der Waals surface area contributed by atoms with Gasteiger partial charge in [-0.25, -0.2) is 4.79 Å². The van der Waals surface area contributed by atoms with Crippen LogP contribution in [0.25, 0.3) is 0 Å². The monoisotopic (exact) mass is 183 g/mol. The molecule has 1 saturated heterocycles. The first-order chi connectivity index (χ1) is 6.21. The van der Waals surface area contributed by atoms with Gasteiger partial charge in [-0.15, -0.1) is 0 Å². The molecule has 0 bridgehead atoms. The second-order valence-electron chi connectivity index (χ2n) is 4.41. The molecule has 2 aliphatic rings. The summed E-state index contributed by atoms with van der Waals surface area (Å²) in [5.74, 6) is 0.667. The van der Waals surface area contributed by atoms with Gasteiger partial charge in [0, 0.05) is 12.0 Å².